The number of aromatic nitrogens is 1. The van der Waals surface area contributed by atoms with Crippen LogP contribution < -0.4 is 15.8 Å². The molecule has 0 aliphatic rings. The maximum Gasteiger partial charge on any atom is 0.255 e. The average molecular weight is 285 g/mol. The number of anilines is 1. The van der Waals surface area contributed by atoms with Crippen molar-refractivity contribution in [1.29, 1.82) is 0 Å². The van der Waals surface area contributed by atoms with Crippen molar-refractivity contribution in [1.82, 2.24) is 10.3 Å². The SMILES string of the molecule is COc1ccc(C(C)(C)NC(=O)c2cccnc2N)cc1. The minimum Gasteiger partial charge on any atom is -0.497 e. The van der Waals surface area contributed by atoms with Gasteiger partial charge in [0.2, 0.25) is 0 Å². The third-order valence-corrected chi connectivity index (χ3v) is 3.32. The van der Waals surface area contributed by atoms with Crippen molar-refractivity contribution in [2.45, 2.75) is 19.4 Å². The Morgan fingerprint density at radius 1 is 1.24 bits per heavy atom. The van der Waals surface area contributed by atoms with Crippen LogP contribution in [0.15, 0.2) is 42.6 Å². The molecule has 1 aromatic carbocycles. The maximum absolute atomic E-state index is 12.3. The first-order valence-electron chi connectivity index (χ1n) is 6.61. The number of carbonyl (C=O) groups excluding carboxylic acids is 1. The Bertz CT molecular complexity index is 636. The minimum absolute atomic E-state index is 0.223. The second kappa shape index (κ2) is 5.83. The lowest BCUT2D eigenvalue weighted by Crippen LogP contribution is -2.41. The fourth-order valence-corrected chi connectivity index (χ4v) is 2.04. The van der Waals surface area contributed by atoms with Gasteiger partial charge in [0.05, 0.1) is 18.2 Å². The van der Waals surface area contributed by atoms with Crippen LogP contribution in [0.3, 0.4) is 0 Å². The Labute approximate surface area is 124 Å². The zero-order valence-electron chi connectivity index (χ0n) is 12.4. The lowest BCUT2D eigenvalue weighted by atomic mass is 9.93. The Morgan fingerprint density at radius 3 is 2.48 bits per heavy atom. The van der Waals surface area contributed by atoms with E-state index in [9.17, 15) is 4.79 Å². The van der Waals surface area contributed by atoms with Gasteiger partial charge in [-0.2, -0.15) is 0 Å². The number of nitrogens with one attached hydrogen (secondary N) is 1. The monoisotopic (exact) mass is 285 g/mol. The third-order valence-electron chi connectivity index (χ3n) is 3.32. The van der Waals surface area contributed by atoms with Gasteiger partial charge < -0.3 is 15.8 Å². The molecule has 0 bridgehead atoms. The van der Waals surface area contributed by atoms with Crippen LogP contribution >= 0.6 is 0 Å². The number of pyridine rings is 1. The van der Waals surface area contributed by atoms with Gasteiger partial charge in [-0.05, 0) is 43.7 Å². The van der Waals surface area contributed by atoms with Crippen molar-refractivity contribution in [3.05, 3.63) is 53.7 Å². The smallest absolute Gasteiger partial charge is 0.255 e. The Kier molecular flexibility index (Phi) is 4.12. The van der Waals surface area contributed by atoms with E-state index in [0.29, 0.717) is 5.56 Å². The van der Waals surface area contributed by atoms with Crippen LogP contribution in [-0.4, -0.2) is 18.0 Å². The van der Waals surface area contributed by atoms with Crippen molar-refractivity contribution >= 4 is 11.7 Å². The molecule has 0 fully saturated rings. The summed E-state index contributed by atoms with van der Waals surface area (Å²) in [6.45, 7) is 3.86. The third kappa shape index (κ3) is 3.31. The number of hydrogen-bond acceptors (Lipinski definition) is 4. The summed E-state index contributed by atoms with van der Waals surface area (Å²) < 4.78 is 5.14. The van der Waals surface area contributed by atoms with E-state index in [-0.39, 0.29) is 11.7 Å². The summed E-state index contributed by atoms with van der Waals surface area (Å²) in [5.74, 6) is 0.749. The molecule has 2 aromatic rings. The highest BCUT2D eigenvalue weighted by atomic mass is 16.5. The molecule has 2 rings (SSSR count). The second-order valence-electron chi connectivity index (χ2n) is 5.24. The predicted octanol–water partition coefficient (Wildman–Crippen LogP) is 2.34. The van der Waals surface area contributed by atoms with Crippen LogP contribution in [0.5, 0.6) is 5.75 Å². The zero-order valence-corrected chi connectivity index (χ0v) is 12.4. The number of ether oxygens (including phenoxy) is 1. The van der Waals surface area contributed by atoms with Crippen molar-refractivity contribution in [2.24, 2.45) is 0 Å². The highest BCUT2D eigenvalue weighted by Crippen LogP contribution is 2.23. The molecule has 1 heterocycles. The topological polar surface area (TPSA) is 77.2 Å². The maximum atomic E-state index is 12.3. The predicted molar refractivity (Wildman–Crippen MR) is 82.1 cm³/mol. The molecule has 1 amide bonds. The highest BCUT2D eigenvalue weighted by Gasteiger charge is 2.24. The number of nitrogens with zero attached hydrogens (tertiary/aromatic N) is 1. The molecule has 3 N–H and O–H groups in total. The van der Waals surface area contributed by atoms with Crippen LogP contribution in [-0.2, 0) is 5.54 Å². The first-order valence-corrected chi connectivity index (χ1v) is 6.61. The molecule has 5 nitrogen and oxygen atoms in total. The van der Waals surface area contributed by atoms with E-state index in [1.54, 1.807) is 25.4 Å². The molecular weight excluding hydrogens is 266 g/mol. The molecule has 0 aliphatic carbocycles. The van der Waals surface area contributed by atoms with Crippen molar-refractivity contribution in [2.75, 3.05) is 12.8 Å². The fourth-order valence-electron chi connectivity index (χ4n) is 2.04. The summed E-state index contributed by atoms with van der Waals surface area (Å²) in [6, 6.07) is 10.9. The first kappa shape index (κ1) is 14.8. The summed E-state index contributed by atoms with van der Waals surface area (Å²) in [4.78, 5) is 16.2. The van der Waals surface area contributed by atoms with Crippen molar-refractivity contribution in [3.8, 4) is 5.75 Å². The minimum atomic E-state index is -0.536. The largest absolute Gasteiger partial charge is 0.497 e. The molecular formula is C16H19N3O2. The summed E-state index contributed by atoms with van der Waals surface area (Å²) in [5.41, 5.74) is 6.54. The number of nitrogens with two attached hydrogens (primary N) is 1. The van der Waals surface area contributed by atoms with E-state index in [1.165, 1.54) is 0 Å². The number of benzene rings is 1. The Hall–Kier alpha value is -2.56. The van der Waals surface area contributed by atoms with Gasteiger partial charge in [0, 0.05) is 6.20 Å². The standard InChI is InChI=1S/C16H19N3O2/c1-16(2,11-6-8-12(21-3)9-7-11)19-15(20)13-5-4-10-18-14(13)17/h4-10H,1-3H3,(H2,17,18)(H,19,20). The summed E-state index contributed by atoms with van der Waals surface area (Å²) in [6.07, 6.45) is 1.56. The van der Waals surface area contributed by atoms with Crippen LogP contribution in [0.2, 0.25) is 0 Å². The molecule has 0 atom stereocenters. The molecule has 0 radical (unpaired) electrons. The highest BCUT2D eigenvalue weighted by molar-refractivity contribution is 5.98. The second-order valence-corrected chi connectivity index (χ2v) is 5.24. The van der Waals surface area contributed by atoms with Gasteiger partial charge in [-0.25, -0.2) is 4.98 Å². The van der Waals surface area contributed by atoms with E-state index in [4.69, 9.17) is 10.5 Å². The molecule has 1 aromatic heterocycles. The molecule has 0 saturated carbocycles. The molecule has 0 aliphatic heterocycles. The number of hydrogen-bond donors (Lipinski definition) is 2. The normalized spacial score (nSPS) is 11.0. The van der Waals surface area contributed by atoms with E-state index in [0.717, 1.165) is 11.3 Å². The number of carbonyl (C=O) groups is 1. The Balaban J connectivity index is 2.20. The molecule has 0 saturated heterocycles. The van der Waals surface area contributed by atoms with Crippen LogP contribution in [0, 0.1) is 0 Å². The average Bonchev–Trinajstić information content (AvgIpc) is 2.47. The van der Waals surface area contributed by atoms with E-state index >= 15 is 0 Å². The first-order chi connectivity index (χ1) is 9.94. The molecule has 110 valence electrons. The zero-order chi connectivity index (χ0) is 15.5. The van der Waals surface area contributed by atoms with E-state index < -0.39 is 5.54 Å². The number of methoxy groups -OCH3 is 1. The fraction of sp³-hybridized carbons (Fsp3) is 0.250. The van der Waals surface area contributed by atoms with Gasteiger partial charge in [0.15, 0.2) is 0 Å². The van der Waals surface area contributed by atoms with Gasteiger partial charge in [0.1, 0.15) is 11.6 Å². The van der Waals surface area contributed by atoms with Gasteiger partial charge in [-0.15, -0.1) is 0 Å². The Morgan fingerprint density at radius 2 is 1.90 bits per heavy atom. The van der Waals surface area contributed by atoms with Gasteiger partial charge in [-0.1, -0.05) is 12.1 Å². The summed E-state index contributed by atoms with van der Waals surface area (Å²) >= 11 is 0. The number of rotatable bonds is 4. The van der Waals surface area contributed by atoms with Crippen molar-refractivity contribution < 1.29 is 9.53 Å². The summed E-state index contributed by atoms with van der Waals surface area (Å²) in [5, 5.41) is 2.97. The summed E-state index contributed by atoms with van der Waals surface area (Å²) in [7, 11) is 1.62. The van der Waals surface area contributed by atoms with Gasteiger partial charge in [-0.3, -0.25) is 4.79 Å². The number of amides is 1. The molecule has 5 heteroatoms. The van der Waals surface area contributed by atoms with Crippen LogP contribution in [0.4, 0.5) is 5.82 Å². The lowest BCUT2D eigenvalue weighted by Gasteiger charge is -2.27. The number of nitrogen functional groups attached to an aromatic ring is 1. The van der Waals surface area contributed by atoms with Gasteiger partial charge >= 0.3 is 0 Å². The van der Waals surface area contributed by atoms with Crippen molar-refractivity contribution in [3.63, 3.8) is 0 Å². The van der Waals surface area contributed by atoms with Crippen LogP contribution in [0.1, 0.15) is 29.8 Å². The quantitative estimate of drug-likeness (QED) is 0.904. The van der Waals surface area contributed by atoms with E-state index in [1.807, 2.05) is 38.1 Å². The molecule has 0 unspecified atom stereocenters. The van der Waals surface area contributed by atoms with Crippen LogP contribution in [0.25, 0.3) is 0 Å². The van der Waals surface area contributed by atoms with E-state index in [2.05, 4.69) is 10.3 Å². The molecule has 0 spiro atoms. The lowest BCUT2D eigenvalue weighted by molar-refractivity contribution is 0.0912. The van der Waals surface area contributed by atoms with Gasteiger partial charge in [0.25, 0.3) is 5.91 Å². The molecule has 21 heavy (non-hydrogen) atoms.